The van der Waals surface area contributed by atoms with Crippen LogP contribution in [0.2, 0.25) is 0 Å². The Morgan fingerprint density at radius 2 is 2.18 bits per heavy atom. The average Bonchev–Trinajstić information content (AvgIpc) is 2.27. The molecule has 1 aliphatic carbocycles. The molecule has 0 radical (unpaired) electrons. The molecule has 1 amide bonds. The van der Waals surface area contributed by atoms with E-state index >= 15 is 0 Å². The van der Waals surface area contributed by atoms with Crippen LogP contribution in [-0.4, -0.2) is 27.5 Å². The van der Waals surface area contributed by atoms with Crippen molar-refractivity contribution in [3.05, 3.63) is 24.4 Å². The Bertz CT molecular complexity index is 419. The Kier molecular flexibility index (Phi) is 2.82. The summed E-state index contributed by atoms with van der Waals surface area (Å²) in [6, 6.07) is 4.57. The van der Waals surface area contributed by atoms with Gasteiger partial charge < -0.3 is 10.4 Å². The standard InChI is InChI=1S/C11H12F2N2O2/c12-11(13,10(17)5-3-6-10)9(16)15-8-4-1-2-7-14-8/h1-2,4,7,17H,3,5-6H2,(H,14,15,16). The van der Waals surface area contributed by atoms with Gasteiger partial charge in [-0.2, -0.15) is 8.78 Å². The molecule has 1 saturated carbocycles. The van der Waals surface area contributed by atoms with E-state index in [-0.39, 0.29) is 18.7 Å². The van der Waals surface area contributed by atoms with Crippen molar-refractivity contribution in [3.8, 4) is 0 Å². The van der Waals surface area contributed by atoms with E-state index in [0.717, 1.165) is 0 Å². The summed E-state index contributed by atoms with van der Waals surface area (Å²) in [5, 5.41) is 11.6. The molecule has 1 fully saturated rings. The number of halogens is 2. The summed E-state index contributed by atoms with van der Waals surface area (Å²) >= 11 is 0. The number of amides is 1. The second kappa shape index (κ2) is 4.03. The number of nitrogens with one attached hydrogen (secondary N) is 1. The van der Waals surface area contributed by atoms with Crippen LogP contribution in [0.5, 0.6) is 0 Å². The molecule has 1 heterocycles. The number of aromatic nitrogens is 1. The first-order valence-electron chi connectivity index (χ1n) is 5.28. The molecule has 0 aromatic carbocycles. The summed E-state index contributed by atoms with van der Waals surface area (Å²) in [5.41, 5.74) is -2.20. The van der Waals surface area contributed by atoms with Crippen molar-refractivity contribution in [2.24, 2.45) is 0 Å². The molecule has 0 atom stereocenters. The smallest absolute Gasteiger partial charge is 0.352 e. The van der Waals surface area contributed by atoms with Crippen molar-refractivity contribution in [3.63, 3.8) is 0 Å². The van der Waals surface area contributed by atoms with E-state index in [1.54, 1.807) is 12.1 Å². The molecular weight excluding hydrogens is 230 g/mol. The van der Waals surface area contributed by atoms with Gasteiger partial charge in [-0.15, -0.1) is 0 Å². The Morgan fingerprint density at radius 3 is 2.65 bits per heavy atom. The zero-order valence-electron chi connectivity index (χ0n) is 8.99. The molecule has 1 aromatic heterocycles. The van der Waals surface area contributed by atoms with E-state index in [9.17, 15) is 18.7 Å². The number of alkyl halides is 2. The number of rotatable bonds is 3. The van der Waals surface area contributed by atoms with E-state index in [1.807, 2.05) is 5.32 Å². The lowest BCUT2D eigenvalue weighted by Crippen LogP contribution is -2.59. The van der Waals surface area contributed by atoms with E-state index < -0.39 is 17.4 Å². The number of nitrogens with zero attached hydrogens (tertiary/aromatic N) is 1. The fourth-order valence-corrected chi connectivity index (χ4v) is 1.67. The van der Waals surface area contributed by atoms with Gasteiger partial charge in [0.2, 0.25) is 0 Å². The summed E-state index contributed by atoms with van der Waals surface area (Å²) in [4.78, 5) is 15.1. The van der Waals surface area contributed by atoms with Crippen LogP contribution in [0.25, 0.3) is 0 Å². The van der Waals surface area contributed by atoms with Crippen LogP contribution in [0.4, 0.5) is 14.6 Å². The van der Waals surface area contributed by atoms with Gasteiger partial charge in [0.1, 0.15) is 11.4 Å². The third-order valence-electron chi connectivity index (χ3n) is 2.96. The lowest BCUT2D eigenvalue weighted by Gasteiger charge is -2.41. The quantitative estimate of drug-likeness (QED) is 0.845. The van der Waals surface area contributed by atoms with Gasteiger partial charge in [-0.05, 0) is 31.4 Å². The Labute approximate surface area is 96.7 Å². The lowest BCUT2D eigenvalue weighted by atomic mass is 9.75. The fraction of sp³-hybridized carbons (Fsp3) is 0.455. The second-order valence-electron chi connectivity index (χ2n) is 4.13. The molecule has 92 valence electrons. The third kappa shape index (κ3) is 2.00. The van der Waals surface area contributed by atoms with Crippen LogP contribution in [-0.2, 0) is 4.79 Å². The largest absolute Gasteiger partial charge is 0.383 e. The summed E-state index contributed by atoms with van der Waals surface area (Å²) in [6.07, 6.45) is 1.76. The summed E-state index contributed by atoms with van der Waals surface area (Å²) in [7, 11) is 0. The Balaban J connectivity index is 2.10. The van der Waals surface area contributed by atoms with Crippen LogP contribution in [0.3, 0.4) is 0 Å². The molecule has 0 aliphatic heterocycles. The molecule has 17 heavy (non-hydrogen) atoms. The van der Waals surface area contributed by atoms with Crippen molar-refractivity contribution in [1.82, 2.24) is 4.98 Å². The number of anilines is 1. The van der Waals surface area contributed by atoms with Gasteiger partial charge in [-0.25, -0.2) is 4.98 Å². The van der Waals surface area contributed by atoms with Crippen molar-refractivity contribution in [1.29, 1.82) is 0 Å². The van der Waals surface area contributed by atoms with Gasteiger partial charge in [-0.3, -0.25) is 4.79 Å². The summed E-state index contributed by atoms with van der Waals surface area (Å²) in [6.45, 7) is 0. The first kappa shape index (κ1) is 11.9. The van der Waals surface area contributed by atoms with Gasteiger partial charge in [-0.1, -0.05) is 6.07 Å². The molecule has 0 saturated heterocycles. The number of pyridine rings is 1. The molecule has 0 spiro atoms. The SMILES string of the molecule is O=C(Nc1ccccn1)C(F)(F)C1(O)CCC1. The van der Waals surface area contributed by atoms with Crippen molar-refractivity contribution in [2.45, 2.75) is 30.8 Å². The van der Waals surface area contributed by atoms with Crippen molar-refractivity contribution < 1.29 is 18.7 Å². The number of carbonyl (C=O) groups is 1. The summed E-state index contributed by atoms with van der Waals surface area (Å²) < 4.78 is 27.3. The number of carbonyl (C=O) groups excluding carboxylic acids is 1. The molecule has 6 heteroatoms. The van der Waals surface area contributed by atoms with E-state index in [1.165, 1.54) is 12.3 Å². The minimum atomic E-state index is -3.79. The molecular formula is C11H12F2N2O2. The molecule has 4 nitrogen and oxygen atoms in total. The molecule has 2 N–H and O–H groups in total. The number of hydrogen-bond donors (Lipinski definition) is 2. The molecule has 1 aliphatic rings. The molecule has 2 rings (SSSR count). The van der Waals surface area contributed by atoms with Gasteiger partial charge in [0, 0.05) is 6.20 Å². The van der Waals surface area contributed by atoms with Gasteiger partial charge in [0.05, 0.1) is 0 Å². The van der Waals surface area contributed by atoms with Crippen LogP contribution in [0.15, 0.2) is 24.4 Å². The highest BCUT2D eigenvalue weighted by atomic mass is 19.3. The van der Waals surface area contributed by atoms with Gasteiger partial charge in [0.25, 0.3) is 5.91 Å². The zero-order valence-corrected chi connectivity index (χ0v) is 8.99. The van der Waals surface area contributed by atoms with Crippen LogP contribution in [0, 0.1) is 0 Å². The van der Waals surface area contributed by atoms with Crippen LogP contribution in [0.1, 0.15) is 19.3 Å². The van der Waals surface area contributed by atoms with Crippen molar-refractivity contribution in [2.75, 3.05) is 5.32 Å². The van der Waals surface area contributed by atoms with Gasteiger partial charge in [0.15, 0.2) is 0 Å². The molecule has 0 unspecified atom stereocenters. The highest BCUT2D eigenvalue weighted by Gasteiger charge is 2.61. The van der Waals surface area contributed by atoms with Crippen LogP contribution < -0.4 is 5.32 Å². The highest BCUT2D eigenvalue weighted by Crippen LogP contribution is 2.44. The highest BCUT2D eigenvalue weighted by molar-refractivity contribution is 5.96. The normalized spacial score (nSPS) is 18.3. The Hall–Kier alpha value is -1.56. The van der Waals surface area contributed by atoms with E-state index in [0.29, 0.717) is 6.42 Å². The maximum Gasteiger partial charge on any atom is 0.352 e. The topological polar surface area (TPSA) is 62.2 Å². The maximum absolute atomic E-state index is 13.6. The summed E-state index contributed by atoms with van der Waals surface area (Å²) in [5.74, 6) is -5.26. The zero-order chi connectivity index (χ0) is 12.5. The Morgan fingerprint density at radius 1 is 1.47 bits per heavy atom. The minimum absolute atomic E-state index is 0.0418. The fourth-order valence-electron chi connectivity index (χ4n) is 1.67. The maximum atomic E-state index is 13.6. The van der Waals surface area contributed by atoms with Crippen LogP contribution >= 0.6 is 0 Å². The predicted octanol–water partition coefficient (Wildman–Crippen LogP) is 1.57. The van der Waals surface area contributed by atoms with E-state index in [4.69, 9.17) is 0 Å². The monoisotopic (exact) mass is 242 g/mol. The van der Waals surface area contributed by atoms with Gasteiger partial charge >= 0.3 is 5.92 Å². The third-order valence-corrected chi connectivity index (χ3v) is 2.96. The predicted molar refractivity (Wildman–Crippen MR) is 56.6 cm³/mol. The average molecular weight is 242 g/mol. The second-order valence-corrected chi connectivity index (χ2v) is 4.13. The first-order chi connectivity index (χ1) is 7.96. The number of aliphatic hydroxyl groups is 1. The molecule has 1 aromatic rings. The number of hydrogen-bond acceptors (Lipinski definition) is 3. The molecule has 0 bridgehead atoms. The van der Waals surface area contributed by atoms with Crippen molar-refractivity contribution >= 4 is 11.7 Å². The van der Waals surface area contributed by atoms with E-state index in [2.05, 4.69) is 4.98 Å². The first-order valence-corrected chi connectivity index (χ1v) is 5.28. The minimum Gasteiger partial charge on any atom is -0.383 e. The lowest BCUT2D eigenvalue weighted by molar-refractivity contribution is -0.212.